The standard InChI is InChI=1S/C7H15NO8/c1-2-3(9,10)4(11)5(8,12)7(15,16)6(4,13)14/h9-16H,2,8H2,1H3. The summed E-state index contributed by atoms with van der Waals surface area (Å²) < 4.78 is 0. The molecule has 0 amide bonds. The van der Waals surface area contributed by atoms with E-state index in [0.717, 1.165) is 6.92 Å². The molecule has 96 valence electrons. The van der Waals surface area contributed by atoms with Crippen molar-refractivity contribution >= 4 is 0 Å². The van der Waals surface area contributed by atoms with Gasteiger partial charge in [0, 0.05) is 6.42 Å². The molecule has 0 spiro atoms. The van der Waals surface area contributed by atoms with Crippen LogP contribution in [0.1, 0.15) is 13.3 Å². The molecule has 0 bridgehead atoms. The molecule has 0 aromatic rings. The highest BCUT2D eigenvalue weighted by molar-refractivity contribution is 5.31. The van der Waals surface area contributed by atoms with E-state index in [-0.39, 0.29) is 0 Å². The van der Waals surface area contributed by atoms with Crippen molar-refractivity contribution in [3.05, 3.63) is 0 Å². The third-order valence-electron chi connectivity index (χ3n) is 3.15. The molecule has 1 rings (SSSR count). The lowest BCUT2D eigenvalue weighted by Gasteiger charge is -2.67. The predicted molar refractivity (Wildman–Crippen MR) is 45.9 cm³/mol. The van der Waals surface area contributed by atoms with Crippen LogP contribution in [0.5, 0.6) is 0 Å². The molecule has 0 aliphatic heterocycles. The Labute approximate surface area is 89.6 Å². The first-order valence-electron chi connectivity index (χ1n) is 4.39. The monoisotopic (exact) mass is 241 g/mol. The van der Waals surface area contributed by atoms with Crippen LogP contribution in [0.4, 0.5) is 0 Å². The van der Waals surface area contributed by atoms with E-state index in [1.165, 1.54) is 0 Å². The molecule has 10 N–H and O–H groups in total. The quantitative estimate of drug-likeness (QED) is 0.213. The minimum atomic E-state index is -3.82. The van der Waals surface area contributed by atoms with E-state index < -0.39 is 35.1 Å². The average molecular weight is 241 g/mol. The van der Waals surface area contributed by atoms with Crippen molar-refractivity contribution in [3.63, 3.8) is 0 Å². The number of rotatable bonds is 2. The van der Waals surface area contributed by atoms with Gasteiger partial charge in [-0.15, -0.1) is 0 Å². The zero-order valence-corrected chi connectivity index (χ0v) is 8.36. The van der Waals surface area contributed by atoms with Crippen LogP contribution in [0.2, 0.25) is 0 Å². The molecule has 2 unspecified atom stereocenters. The Morgan fingerprint density at radius 1 is 0.938 bits per heavy atom. The van der Waals surface area contributed by atoms with E-state index in [9.17, 15) is 30.6 Å². The molecule has 9 heteroatoms. The maximum Gasteiger partial charge on any atom is 0.269 e. The van der Waals surface area contributed by atoms with Crippen LogP contribution < -0.4 is 5.73 Å². The molecule has 1 saturated carbocycles. The second-order valence-corrected chi connectivity index (χ2v) is 3.99. The summed E-state index contributed by atoms with van der Waals surface area (Å²) in [5.41, 5.74) is -2.11. The summed E-state index contributed by atoms with van der Waals surface area (Å²) in [5.74, 6) is -10.8. The molecule has 1 fully saturated rings. The van der Waals surface area contributed by atoms with Crippen molar-refractivity contribution in [3.8, 4) is 0 Å². The van der Waals surface area contributed by atoms with Gasteiger partial charge in [-0.05, 0) is 0 Å². The smallest absolute Gasteiger partial charge is 0.269 e. The van der Waals surface area contributed by atoms with Gasteiger partial charge >= 0.3 is 0 Å². The fourth-order valence-corrected chi connectivity index (χ4v) is 1.81. The van der Waals surface area contributed by atoms with Gasteiger partial charge in [0.05, 0.1) is 0 Å². The fourth-order valence-electron chi connectivity index (χ4n) is 1.81. The van der Waals surface area contributed by atoms with Gasteiger partial charge in [0.15, 0.2) is 0 Å². The maximum absolute atomic E-state index is 9.63. The van der Waals surface area contributed by atoms with Gasteiger partial charge in [-0.2, -0.15) is 0 Å². The van der Waals surface area contributed by atoms with Gasteiger partial charge in [0.2, 0.25) is 17.1 Å². The highest BCUT2D eigenvalue weighted by Gasteiger charge is 2.93. The predicted octanol–water partition coefficient (Wildman–Crippen LogP) is -5.17. The second kappa shape index (κ2) is 2.90. The summed E-state index contributed by atoms with van der Waals surface area (Å²) >= 11 is 0. The van der Waals surface area contributed by atoms with E-state index in [1.54, 1.807) is 0 Å². The van der Waals surface area contributed by atoms with E-state index in [0.29, 0.717) is 0 Å². The van der Waals surface area contributed by atoms with Crippen molar-refractivity contribution in [2.24, 2.45) is 5.73 Å². The molecule has 0 aromatic carbocycles. The topological polar surface area (TPSA) is 188 Å². The molecule has 0 saturated heterocycles. The molecule has 0 aromatic heterocycles. The molecule has 9 nitrogen and oxygen atoms in total. The maximum atomic E-state index is 9.63. The first-order chi connectivity index (χ1) is 6.81. The Balaban J connectivity index is 3.37. The first-order valence-corrected chi connectivity index (χ1v) is 4.39. The molecular weight excluding hydrogens is 226 g/mol. The molecule has 0 heterocycles. The molecular formula is C7H15NO8. The number of hydrogen-bond donors (Lipinski definition) is 9. The first kappa shape index (κ1) is 13.7. The van der Waals surface area contributed by atoms with E-state index >= 15 is 0 Å². The van der Waals surface area contributed by atoms with E-state index in [1.807, 2.05) is 0 Å². The summed E-state index contributed by atoms with van der Waals surface area (Å²) in [6.45, 7) is 1.12. The van der Waals surface area contributed by atoms with Crippen LogP contribution >= 0.6 is 0 Å². The third-order valence-corrected chi connectivity index (χ3v) is 3.15. The molecule has 1 aliphatic rings. The van der Waals surface area contributed by atoms with Gasteiger partial charge < -0.3 is 40.9 Å². The number of nitrogens with two attached hydrogens (primary N) is 1. The third kappa shape index (κ3) is 0.960. The lowest BCUT2D eigenvalue weighted by molar-refractivity contribution is -0.588. The van der Waals surface area contributed by atoms with Crippen molar-refractivity contribution in [1.29, 1.82) is 0 Å². The molecule has 0 radical (unpaired) electrons. The van der Waals surface area contributed by atoms with Gasteiger partial charge in [-0.3, -0.25) is 5.73 Å². The fraction of sp³-hybridized carbons (Fsp3) is 1.00. The van der Waals surface area contributed by atoms with Crippen LogP contribution in [0.15, 0.2) is 0 Å². The van der Waals surface area contributed by atoms with Crippen molar-refractivity contribution in [2.75, 3.05) is 0 Å². The normalized spacial score (nSPS) is 41.6. The van der Waals surface area contributed by atoms with Crippen LogP contribution in [0.3, 0.4) is 0 Å². The van der Waals surface area contributed by atoms with Crippen LogP contribution in [-0.2, 0) is 0 Å². The lowest BCUT2D eigenvalue weighted by Crippen LogP contribution is -3.02. The SMILES string of the molecule is CCC(O)(O)C1(O)C(N)(O)C(O)(O)C1(O)O. The average Bonchev–Trinajstić information content (AvgIpc) is 2.14. The van der Waals surface area contributed by atoms with Crippen LogP contribution in [0.25, 0.3) is 0 Å². The Bertz CT molecular complexity index is 292. The molecule has 2 atom stereocenters. The minimum absolute atomic E-state index is 0.665. The summed E-state index contributed by atoms with van der Waals surface area (Å²) in [4.78, 5) is 0. The summed E-state index contributed by atoms with van der Waals surface area (Å²) in [5, 5.41) is 74.2. The Morgan fingerprint density at radius 2 is 1.31 bits per heavy atom. The Kier molecular flexibility index (Phi) is 2.48. The highest BCUT2D eigenvalue weighted by atomic mass is 16.7. The highest BCUT2D eigenvalue weighted by Crippen LogP contribution is 2.57. The summed E-state index contributed by atoms with van der Waals surface area (Å²) in [6.07, 6.45) is -0.665. The second-order valence-electron chi connectivity index (χ2n) is 3.99. The summed E-state index contributed by atoms with van der Waals surface area (Å²) in [6, 6.07) is 0. The number of hydrogen-bond acceptors (Lipinski definition) is 9. The van der Waals surface area contributed by atoms with Crippen molar-refractivity contribution in [2.45, 2.75) is 42.0 Å². The minimum Gasteiger partial charge on any atom is -0.376 e. The summed E-state index contributed by atoms with van der Waals surface area (Å²) in [7, 11) is 0. The Morgan fingerprint density at radius 3 is 1.56 bits per heavy atom. The largest absolute Gasteiger partial charge is 0.376 e. The van der Waals surface area contributed by atoms with Crippen LogP contribution in [0, 0.1) is 0 Å². The van der Waals surface area contributed by atoms with Crippen molar-refractivity contribution in [1.82, 2.24) is 0 Å². The van der Waals surface area contributed by atoms with Gasteiger partial charge in [-0.1, -0.05) is 6.92 Å². The van der Waals surface area contributed by atoms with Crippen molar-refractivity contribution < 1.29 is 40.9 Å². The van der Waals surface area contributed by atoms with E-state index in [2.05, 4.69) is 0 Å². The lowest BCUT2D eigenvalue weighted by atomic mass is 9.56. The van der Waals surface area contributed by atoms with Crippen LogP contribution in [-0.4, -0.2) is 69.5 Å². The zero-order valence-electron chi connectivity index (χ0n) is 8.36. The molecule has 1 aliphatic carbocycles. The van der Waals surface area contributed by atoms with Gasteiger partial charge in [0.1, 0.15) is 0 Å². The Hall–Kier alpha value is -0.360. The van der Waals surface area contributed by atoms with Gasteiger partial charge in [-0.25, -0.2) is 0 Å². The van der Waals surface area contributed by atoms with Gasteiger partial charge in [0.25, 0.3) is 11.6 Å². The zero-order chi connectivity index (χ0) is 13.2. The van der Waals surface area contributed by atoms with E-state index in [4.69, 9.17) is 15.9 Å². The molecule has 16 heavy (non-hydrogen) atoms. The number of aliphatic hydroxyl groups is 8.